The van der Waals surface area contributed by atoms with Crippen LogP contribution in [0.5, 0.6) is 0 Å². The Labute approximate surface area is 168 Å². The second-order valence-corrected chi connectivity index (χ2v) is 6.97. The first-order valence-electron chi connectivity index (χ1n) is 8.50. The number of aromatic nitrogens is 1. The molecule has 0 bridgehead atoms. The first kappa shape index (κ1) is 21.0. The fourth-order valence-electron chi connectivity index (χ4n) is 2.48. The zero-order valence-corrected chi connectivity index (χ0v) is 16.7. The second-order valence-electron chi connectivity index (χ2n) is 6.01. The van der Waals surface area contributed by atoms with Crippen LogP contribution in [0.2, 0.25) is 0 Å². The number of amides is 2. The van der Waals surface area contributed by atoms with E-state index < -0.39 is 0 Å². The highest BCUT2D eigenvalue weighted by Gasteiger charge is 2.16. The average Bonchev–Trinajstić information content (AvgIpc) is 2.69. The van der Waals surface area contributed by atoms with Gasteiger partial charge in [-0.2, -0.15) is 5.26 Å². The lowest BCUT2D eigenvalue weighted by atomic mass is 10.1. The molecule has 28 heavy (non-hydrogen) atoms. The van der Waals surface area contributed by atoms with Gasteiger partial charge < -0.3 is 10.6 Å². The summed E-state index contributed by atoms with van der Waals surface area (Å²) < 4.78 is 0. The largest absolute Gasteiger partial charge is 0.341 e. The molecule has 0 unspecified atom stereocenters. The number of hydrogen-bond acceptors (Lipinski definition) is 5. The van der Waals surface area contributed by atoms with Crippen molar-refractivity contribution in [2.45, 2.75) is 25.8 Å². The van der Waals surface area contributed by atoms with Crippen LogP contribution in [0.1, 0.15) is 32.7 Å². The highest BCUT2D eigenvalue weighted by Crippen LogP contribution is 2.26. The minimum absolute atomic E-state index is 0.0595. The molecule has 0 fully saturated rings. The predicted octanol–water partition coefficient (Wildman–Crippen LogP) is 2.97. The van der Waals surface area contributed by atoms with E-state index in [0.717, 1.165) is 16.8 Å². The number of benzene rings is 1. The van der Waals surface area contributed by atoms with E-state index in [1.165, 1.54) is 11.8 Å². The summed E-state index contributed by atoms with van der Waals surface area (Å²) in [5.41, 5.74) is 3.87. The van der Waals surface area contributed by atoms with Crippen molar-refractivity contribution in [3.63, 3.8) is 0 Å². The number of nitrogens with one attached hydrogen (secondary N) is 2. The van der Waals surface area contributed by atoms with Crippen LogP contribution in [0, 0.1) is 44.4 Å². The van der Waals surface area contributed by atoms with Gasteiger partial charge in [-0.1, -0.05) is 29.8 Å². The van der Waals surface area contributed by atoms with Crippen LogP contribution in [0.3, 0.4) is 0 Å². The summed E-state index contributed by atoms with van der Waals surface area (Å²) in [5, 5.41) is 15.3. The third kappa shape index (κ3) is 4.91. The van der Waals surface area contributed by atoms with Crippen molar-refractivity contribution in [2.75, 3.05) is 17.6 Å². The Morgan fingerprint density at radius 2 is 1.93 bits per heavy atom. The van der Waals surface area contributed by atoms with E-state index in [2.05, 4.69) is 27.6 Å². The fourth-order valence-corrected chi connectivity index (χ4v) is 3.37. The minimum atomic E-state index is -0.361. The Morgan fingerprint density at radius 1 is 1.21 bits per heavy atom. The zero-order valence-electron chi connectivity index (χ0n) is 15.9. The summed E-state index contributed by atoms with van der Waals surface area (Å²) in [4.78, 5) is 29.0. The molecule has 2 aromatic rings. The molecule has 0 saturated carbocycles. The van der Waals surface area contributed by atoms with Crippen LogP contribution in [0.4, 0.5) is 5.69 Å². The summed E-state index contributed by atoms with van der Waals surface area (Å²) in [6.45, 7) is 5.77. The Balaban J connectivity index is 2.12. The van der Waals surface area contributed by atoms with E-state index in [4.69, 9.17) is 6.42 Å². The van der Waals surface area contributed by atoms with Crippen molar-refractivity contribution in [3.05, 3.63) is 52.2 Å². The number of terminal acetylenes is 1. The number of pyridine rings is 1. The summed E-state index contributed by atoms with van der Waals surface area (Å²) in [6, 6.07) is 8.85. The molecule has 1 aromatic carbocycles. The maximum atomic E-state index is 12.4. The lowest BCUT2D eigenvalue weighted by molar-refractivity contribution is -0.113. The van der Waals surface area contributed by atoms with Gasteiger partial charge in [-0.3, -0.25) is 9.59 Å². The molecule has 1 heterocycles. The smallest absolute Gasteiger partial charge is 0.254 e. The molecular formula is C21H20N4O2S. The lowest BCUT2D eigenvalue weighted by Gasteiger charge is -2.12. The summed E-state index contributed by atoms with van der Waals surface area (Å²) in [7, 11) is 0. The molecule has 2 N–H and O–H groups in total. The number of carbonyl (C=O) groups is 2. The quantitative estimate of drug-likeness (QED) is 0.582. The van der Waals surface area contributed by atoms with Gasteiger partial charge in [-0.05, 0) is 44.0 Å². The van der Waals surface area contributed by atoms with Crippen LogP contribution in [0.15, 0.2) is 29.3 Å². The molecule has 6 nitrogen and oxygen atoms in total. The maximum absolute atomic E-state index is 12.4. The zero-order chi connectivity index (χ0) is 20.7. The number of nitrogens with zero attached hydrogens (tertiary/aromatic N) is 2. The third-order valence-electron chi connectivity index (χ3n) is 4.21. The molecule has 1 aromatic heterocycles. The van der Waals surface area contributed by atoms with Crippen molar-refractivity contribution >= 4 is 29.3 Å². The van der Waals surface area contributed by atoms with E-state index in [1.54, 1.807) is 24.3 Å². The van der Waals surface area contributed by atoms with Crippen molar-refractivity contribution in [1.29, 1.82) is 5.26 Å². The number of hydrogen-bond donors (Lipinski definition) is 2. The van der Waals surface area contributed by atoms with Crippen molar-refractivity contribution in [2.24, 2.45) is 0 Å². The standard InChI is InChI=1S/C21H20N4O2S/c1-5-10-23-20(27)16-8-6-7-9-18(16)25-19(26)12-28-21-17(11-22)14(3)13(2)15(4)24-21/h1,6-9H,10,12H2,2-4H3,(H,23,27)(H,25,26). The molecule has 0 saturated heterocycles. The Hall–Kier alpha value is -3.29. The Kier molecular flexibility index (Phi) is 7.20. The molecule has 142 valence electrons. The molecule has 0 atom stereocenters. The normalized spacial score (nSPS) is 9.89. The van der Waals surface area contributed by atoms with E-state index >= 15 is 0 Å². The summed E-state index contributed by atoms with van der Waals surface area (Å²) in [6.07, 6.45) is 5.16. The highest BCUT2D eigenvalue weighted by molar-refractivity contribution is 8.00. The molecule has 0 aliphatic carbocycles. The molecule has 2 rings (SSSR count). The number of thioether (sulfide) groups is 1. The van der Waals surface area contributed by atoms with Gasteiger partial charge in [0.1, 0.15) is 11.1 Å². The van der Waals surface area contributed by atoms with Crippen molar-refractivity contribution in [1.82, 2.24) is 10.3 Å². The van der Waals surface area contributed by atoms with Gasteiger partial charge in [0.05, 0.1) is 29.1 Å². The molecule has 0 spiro atoms. The maximum Gasteiger partial charge on any atom is 0.254 e. The molecule has 0 aliphatic heterocycles. The van der Waals surface area contributed by atoms with Gasteiger partial charge in [0.15, 0.2) is 0 Å². The monoisotopic (exact) mass is 392 g/mol. The number of nitriles is 1. The van der Waals surface area contributed by atoms with E-state index in [0.29, 0.717) is 21.8 Å². The van der Waals surface area contributed by atoms with Crippen LogP contribution in [-0.2, 0) is 4.79 Å². The SMILES string of the molecule is C#CCNC(=O)c1ccccc1NC(=O)CSc1nc(C)c(C)c(C)c1C#N. The number of aryl methyl sites for hydroxylation is 1. The van der Waals surface area contributed by atoms with Gasteiger partial charge in [0, 0.05) is 5.69 Å². The van der Waals surface area contributed by atoms with Crippen LogP contribution in [0.25, 0.3) is 0 Å². The highest BCUT2D eigenvalue weighted by atomic mass is 32.2. The fraction of sp³-hybridized carbons (Fsp3) is 0.238. The Morgan fingerprint density at radius 3 is 2.61 bits per heavy atom. The van der Waals surface area contributed by atoms with Gasteiger partial charge in [-0.15, -0.1) is 6.42 Å². The van der Waals surface area contributed by atoms with Gasteiger partial charge in [0.25, 0.3) is 5.91 Å². The van der Waals surface area contributed by atoms with Crippen LogP contribution in [-0.4, -0.2) is 29.1 Å². The molecule has 0 aliphatic rings. The molecule has 2 amide bonds. The van der Waals surface area contributed by atoms with Crippen LogP contribution < -0.4 is 10.6 Å². The Bertz CT molecular complexity index is 1000. The minimum Gasteiger partial charge on any atom is -0.341 e. The summed E-state index contributed by atoms with van der Waals surface area (Å²) in [5.74, 6) is 1.73. The number of rotatable bonds is 6. The van der Waals surface area contributed by atoms with Gasteiger partial charge in [0.2, 0.25) is 5.91 Å². The van der Waals surface area contributed by atoms with Gasteiger partial charge in [-0.25, -0.2) is 4.98 Å². The van der Waals surface area contributed by atoms with Crippen LogP contribution >= 0.6 is 11.8 Å². The molecular weight excluding hydrogens is 372 g/mol. The number of para-hydroxylation sites is 1. The first-order valence-corrected chi connectivity index (χ1v) is 9.48. The van der Waals surface area contributed by atoms with Crippen molar-refractivity contribution < 1.29 is 9.59 Å². The van der Waals surface area contributed by atoms with E-state index in [1.807, 2.05) is 20.8 Å². The van der Waals surface area contributed by atoms with Gasteiger partial charge >= 0.3 is 0 Å². The van der Waals surface area contributed by atoms with Crippen molar-refractivity contribution in [3.8, 4) is 18.4 Å². The molecule has 0 radical (unpaired) electrons. The summed E-state index contributed by atoms with van der Waals surface area (Å²) >= 11 is 1.19. The number of carbonyl (C=O) groups excluding carboxylic acids is 2. The average molecular weight is 392 g/mol. The third-order valence-corrected chi connectivity index (χ3v) is 5.19. The predicted molar refractivity (Wildman–Crippen MR) is 110 cm³/mol. The first-order chi connectivity index (χ1) is 13.4. The topological polar surface area (TPSA) is 94.9 Å². The van der Waals surface area contributed by atoms with E-state index in [9.17, 15) is 14.9 Å². The second kappa shape index (κ2) is 9.59. The lowest BCUT2D eigenvalue weighted by Crippen LogP contribution is -2.25. The molecule has 7 heteroatoms. The number of anilines is 1. The van der Waals surface area contributed by atoms with E-state index in [-0.39, 0.29) is 24.1 Å².